The van der Waals surface area contributed by atoms with E-state index in [9.17, 15) is 13.6 Å². The highest BCUT2D eigenvalue weighted by atomic mass is 19.1. The predicted octanol–water partition coefficient (Wildman–Crippen LogP) is -2.43. The van der Waals surface area contributed by atoms with Crippen molar-refractivity contribution in [2.75, 3.05) is 13.1 Å². The Morgan fingerprint density at radius 3 is 2.45 bits per heavy atom. The summed E-state index contributed by atoms with van der Waals surface area (Å²) in [5.41, 5.74) is 0.791. The number of carbonyl (C=O) groups excluding carboxylic acids is 1. The van der Waals surface area contributed by atoms with Crippen LogP contribution in [0.1, 0.15) is 16.8 Å². The van der Waals surface area contributed by atoms with Crippen LogP contribution in [0.15, 0.2) is 43.1 Å². The number of carbonyl (C=O) groups is 1. The average molecular weight is 516 g/mol. The summed E-state index contributed by atoms with van der Waals surface area (Å²) in [5.74, 6) is -0.0416. The van der Waals surface area contributed by atoms with Crippen molar-refractivity contribution in [3.8, 4) is 28.8 Å². The summed E-state index contributed by atoms with van der Waals surface area (Å²) in [4.78, 5) is 29.4. The van der Waals surface area contributed by atoms with Crippen LogP contribution in [0.25, 0.3) is 11.4 Å². The second kappa shape index (κ2) is 11.1. The van der Waals surface area contributed by atoms with Gasteiger partial charge in [-0.15, -0.1) is 0 Å². The lowest BCUT2D eigenvalue weighted by atomic mass is 9.28. The van der Waals surface area contributed by atoms with Crippen LogP contribution in [0.3, 0.4) is 0 Å². The molecule has 0 aliphatic carbocycles. The fourth-order valence-electron chi connectivity index (χ4n) is 3.56. The number of nitrogens with one attached hydrogen (secondary N) is 2. The second-order valence-electron chi connectivity index (χ2n) is 10.8. The van der Waals surface area contributed by atoms with Crippen LogP contribution in [0.2, 0.25) is 5.11 Å². The van der Waals surface area contributed by atoms with Gasteiger partial charge in [0.15, 0.2) is 11.6 Å². The molecule has 2 atom stereocenters. The van der Waals surface area contributed by atoms with Crippen molar-refractivity contribution in [1.29, 1.82) is 0 Å². The molecule has 38 heavy (non-hydrogen) atoms. The Labute approximate surface area is 224 Å². The quantitative estimate of drug-likeness (QED) is 0.319. The van der Waals surface area contributed by atoms with Crippen molar-refractivity contribution in [3.05, 3.63) is 54.5 Å². The lowest BCUT2D eigenvalue weighted by molar-refractivity contribution is 0.0918. The van der Waals surface area contributed by atoms with Crippen LogP contribution in [0.5, 0.6) is 17.4 Å². The van der Waals surface area contributed by atoms with Crippen molar-refractivity contribution >= 4 is 45.1 Å². The third kappa shape index (κ3) is 6.72. The van der Waals surface area contributed by atoms with Crippen LogP contribution >= 0.6 is 0 Å². The van der Waals surface area contributed by atoms with Gasteiger partial charge in [-0.05, 0) is 6.07 Å². The molecule has 4 rings (SSSR count). The molecular weight excluding hydrogens is 488 g/mol. The summed E-state index contributed by atoms with van der Waals surface area (Å²) >= 11 is 0. The monoisotopic (exact) mass is 516 g/mol. The molecule has 4 heterocycles. The highest BCUT2D eigenvalue weighted by Crippen LogP contribution is 2.36. The lowest BCUT2D eigenvalue weighted by Gasteiger charge is -2.40. The number of rotatable bonds is 8. The number of hydrogen-bond acceptors (Lipinski definition) is 8. The van der Waals surface area contributed by atoms with Crippen molar-refractivity contribution in [1.82, 2.24) is 30.6 Å². The Kier molecular flexibility index (Phi) is 8.10. The molecule has 0 radical (unpaired) electrons. The summed E-state index contributed by atoms with van der Waals surface area (Å²) in [6.45, 7) is 0.800. The Bertz CT molecular complexity index is 1300. The maximum absolute atomic E-state index is 14.0. The van der Waals surface area contributed by atoms with E-state index in [1.807, 2.05) is 39.2 Å². The first kappa shape index (κ1) is 27.6. The number of nitrogens with zero attached hydrogens (tertiary/aromatic N) is 4. The first-order valence-corrected chi connectivity index (χ1v) is 12.4. The summed E-state index contributed by atoms with van der Waals surface area (Å²) in [6, 6.07) is 2.59. The zero-order chi connectivity index (χ0) is 27.5. The van der Waals surface area contributed by atoms with Gasteiger partial charge in [0, 0.05) is 61.2 Å². The molecule has 1 saturated heterocycles. The van der Waals surface area contributed by atoms with Crippen molar-refractivity contribution in [2.24, 2.45) is 0 Å². The molecule has 0 aromatic carbocycles. The second-order valence-corrected chi connectivity index (χ2v) is 10.8. The van der Waals surface area contributed by atoms with Gasteiger partial charge in [0.25, 0.3) is 11.8 Å². The Morgan fingerprint density at radius 2 is 1.76 bits per heavy atom. The number of hydrogen-bond donors (Lipinski definition) is 2. The van der Waals surface area contributed by atoms with Crippen molar-refractivity contribution in [3.63, 3.8) is 0 Å². The topological polar surface area (TPSA) is 111 Å². The van der Waals surface area contributed by atoms with Gasteiger partial charge >= 0.3 is 0 Å². The largest absolute Gasteiger partial charge is 0.502 e. The van der Waals surface area contributed by atoms with E-state index in [0.717, 1.165) is 6.20 Å². The minimum Gasteiger partial charge on any atom is -0.502 e. The molecule has 9 nitrogen and oxygen atoms in total. The van der Waals surface area contributed by atoms with Gasteiger partial charge in [0.05, 0.1) is 41.5 Å². The standard InChI is InChI=1S/C22H27B5F2N6O3/c23-21(24,25)22(26,27)38-17-3-14(29)8-34-20(17)37-16-1-11(4-30-10-16)18-32-5-12(6-33-18)19(36)35-15-2-13(28)7-31-9-15/h1,3-6,8,10,13,15,31H,2,7,9,23-27H2,(H,35,36)/t13-,15-/m0/s1. The van der Waals surface area contributed by atoms with Crippen LogP contribution < -0.4 is 20.1 Å². The molecule has 2 N–H and O–H groups in total. The molecule has 3 aromatic heterocycles. The molecule has 1 amide bonds. The van der Waals surface area contributed by atoms with Gasteiger partial charge in [-0.25, -0.2) is 23.7 Å². The fourth-order valence-corrected chi connectivity index (χ4v) is 3.56. The Morgan fingerprint density at radius 1 is 1.03 bits per heavy atom. The minimum atomic E-state index is -0.993. The molecule has 0 unspecified atom stereocenters. The van der Waals surface area contributed by atoms with Crippen LogP contribution in [-0.2, 0) is 0 Å². The van der Waals surface area contributed by atoms with E-state index in [-0.39, 0.29) is 40.7 Å². The lowest BCUT2D eigenvalue weighted by Crippen LogP contribution is -2.51. The van der Waals surface area contributed by atoms with Crippen LogP contribution in [-0.4, -0.2) is 95.8 Å². The molecule has 1 aliphatic rings. The molecule has 1 fully saturated rings. The number of pyridine rings is 2. The summed E-state index contributed by atoms with van der Waals surface area (Å²) in [6.07, 6.45) is 6.15. The van der Waals surface area contributed by atoms with Crippen LogP contribution in [0.4, 0.5) is 8.78 Å². The van der Waals surface area contributed by atoms with E-state index in [1.54, 1.807) is 12.3 Å². The SMILES string of the molecule is BC(B)(B)C(B)(B)Oc1cc(F)cnc1Oc1cncc(-c2ncc(C(=O)N[C@@H]3CNC[C@@H](F)C3)cn2)c1. The number of ether oxygens (including phenoxy) is 2. The van der Waals surface area contributed by atoms with Crippen LogP contribution in [0, 0.1) is 5.82 Å². The predicted molar refractivity (Wildman–Crippen MR) is 152 cm³/mol. The zero-order valence-electron chi connectivity index (χ0n) is 22.1. The Balaban J connectivity index is 1.49. The maximum Gasteiger partial charge on any atom is 0.262 e. The molecule has 3 aromatic rings. The first-order chi connectivity index (χ1) is 17.9. The summed E-state index contributed by atoms with van der Waals surface area (Å²) < 4.78 is 39.6. The number of piperidine rings is 1. The maximum atomic E-state index is 14.0. The van der Waals surface area contributed by atoms with Gasteiger partial charge in [0.2, 0.25) is 0 Å². The molecular formula is C22H27B5F2N6O3. The third-order valence-corrected chi connectivity index (χ3v) is 6.69. The zero-order valence-corrected chi connectivity index (χ0v) is 22.1. The molecule has 0 saturated carbocycles. The highest BCUT2D eigenvalue weighted by Gasteiger charge is 2.35. The first-order valence-electron chi connectivity index (χ1n) is 12.4. The Hall–Kier alpha value is -3.41. The van der Waals surface area contributed by atoms with Gasteiger partial charge in [0.1, 0.15) is 33.4 Å². The smallest absolute Gasteiger partial charge is 0.262 e. The van der Waals surface area contributed by atoms with Gasteiger partial charge in [-0.1, -0.05) is 5.11 Å². The highest BCUT2D eigenvalue weighted by molar-refractivity contribution is 6.66. The molecule has 16 heteroatoms. The average Bonchev–Trinajstić information content (AvgIpc) is 2.85. The number of halogens is 2. The molecule has 1 aliphatic heterocycles. The van der Waals surface area contributed by atoms with Gasteiger partial charge in [-0.2, -0.15) is 0 Å². The fraction of sp³-hybridized carbons (Fsp3) is 0.318. The minimum absolute atomic E-state index is 0.0864. The summed E-state index contributed by atoms with van der Waals surface area (Å²) in [5, 5.41) is 4.85. The van der Waals surface area contributed by atoms with E-state index in [4.69, 9.17) is 9.47 Å². The van der Waals surface area contributed by atoms with Gasteiger partial charge < -0.3 is 20.1 Å². The van der Waals surface area contributed by atoms with E-state index in [1.165, 1.54) is 24.7 Å². The molecule has 0 spiro atoms. The van der Waals surface area contributed by atoms with Gasteiger partial charge in [-0.3, -0.25) is 9.78 Å². The van der Waals surface area contributed by atoms with E-state index < -0.39 is 17.4 Å². The van der Waals surface area contributed by atoms with E-state index >= 15 is 0 Å². The number of alkyl halides is 1. The van der Waals surface area contributed by atoms with E-state index in [2.05, 4.69) is 30.6 Å². The van der Waals surface area contributed by atoms with Crippen molar-refractivity contribution in [2.45, 2.75) is 29.1 Å². The third-order valence-electron chi connectivity index (χ3n) is 6.69. The normalized spacial score (nSPS) is 17.9. The molecule has 192 valence electrons. The summed E-state index contributed by atoms with van der Waals surface area (Å²) in [7, 11) is 9.89. The van der Waals surface area contributed by atoms with Crippen molar-refractivity contribution < 1.29 is 23.0 Å². The number of amides is 1. The van der Waals surface area contributed by atoms with E-state index in [0.29, 0.717) is 30.2 Å². The number of aromatic nitrogens is 4. The molecule has 0 bridgehead atoms.